The quantitative estimate of drug-likeness (QED) is 0.760. The summed E-state index contributed by atoms with van der Waals surface area (Å²) in [6, 6.07) is 14.9. The minimum Gasteiger partial charge on any atom is -0.493 e. The Labute approximate surface area is 133 Å². The number of nitrogens with zero attached hydrogens (tertiary/aromatic N) is 2. The molecule has 0 radical (unpaired) electrons. The SMILES string of the molecule is COc1ccccc1OCCC(=O)Nn1cnc2ccccc21. The maximum absolute atomic E-state index is 12.0. The van der Waals surface area contributed by atoms with Crippen molar-refractivity contribution in [3.05, 3.63) is 54.9 Å². The molecule has 2 aromatic carbocycles. The topological polar surface area (TPSA) is 65.4 Å². The van der Waals surface area contributed by atoms with E-state index in [4.69, 9.17) is 9.47 Å². The van der Waals surface area contributed by atoms with Gasteiger partial charge in [0.2, 0.25) is 5.91 Å². The predicted octanol–water partition coefficient (Wildman–Crippen LogP) is 2.58. The fourth-order valence-corrected chi connectivity index (χ4v) is 2.23. The number of fused-ring (bicyclic) bond motifs is 1. The van der Waals surface area contributed by atoms with Crippen molar-refractivity contribution in [3.8, 4) is 11.5 Å². The van der Waals surface area contributed by atoms with E-state index in [2.05, 4.69) is 10.4 Å². The molecule has 0 spiro atoms. The Kier molecular flexibility index (Phi) is 4.42. The number of para-hydroxylation sites is 4. The van der Waals surface area contributed by atoms with Gasteiger partial charge in [-0.15, -0.1) is 0 Å². The molecule has 0 bridgehead atoms. The Hall–Kier alpha value is -3.02. The average molecular weight is 311 g/mol. The van der Waals surface area contributed by atoms with Crippen LogP contribution in [0.2, 0.25) is 0 Å². The summed E-state index contributed by atoms with van der Waals surface area (Å²) < 4.78 is 12.4. The van der Waals surface area contributed by atoms with Gasteiger partial charge in [0, 0.05) is 0 Å². The molecule has 0 unspecified atom stereocenters. The molecule has 0 atom stereocenters. The highest BCUT2D eigenvalue weighted by Gasteiger charge is 2.07. The lowest BCUT2D eigenvalue weighted by Crippen LogP contribution is -2.23. The summed E-state index contributed by atoms with van der Waals surface area (Å²) in [5.41, 5.74) is 4.47. The Morgan fingerprint density at radius 3 is 2.70 bits per heavy atom. The van der Waals surface area contributed by atoms with Crippen LogP contribution in [0, 0.1) is 0 Å². The van der Waals surface area contributed by atoms with Gasteiger partial charge in [-0.2, -0.15) is 0 Å². The van der Waals surface area contributed by atoms with Gasteiger partial charge >= 0.3 is 0 Å². The first-order valence-electron chi connectivity index (χ1n) is 7.25. The third-order valence-electron chi connectivity index (χ3n) is 3.35. The minimum atomic E-state index is -0.150. The lowest BCUT2D eigenvalue weighted by Gasteiger charge is -2.10. The third kappa shape index (κ3) is 3.42. The van der Waals surface area contributed by atoms with Crippen LogP contribution in [-0.2, 0) is 4.79 Å². The van der Waals surface area contributed by atoms with Crippen LogP contribution in [0.15, 0.2) is 54.9 Å². The average Bonchev–Trinajstić information content (AvgIpc) is 2.98. The molecule has 6 heteroatoms. The van der Waals surface area contributed by atoms with Crippen LogP contribution < -0.4 is 14.9 Å². The van der Waals surface area contributed by atoms with Crippen LogP contribution in [0.5, 0.6) is 11.5 Å². The van der Waals surface area contributed by atoms with Gasteiger partial charge in [0.25, 0.3) is 0 Å². The third-order valence-corrected chi connectivity index (χ3v) is 3.35. The van der Waals surface area contributed by atoms with Crippen molar-refractivity contribution in [2.24, 2.45) is 0 Å². The molecule has 118 valence electrons. The Morgan fingerprint density at radius 2 is 1.87 bits per heavy atom. The predicted molar refractivity (Wildman–Crippen MR) is 87.2 cm³/mol. The van der Waals surface area contributed by atoms with Crippen LogP contribution in [0.25, 0.3) is 11.0 Å². The molecule has 6 nitrogen and oxygen atoms in total. The number of hydrogen-bond donors (Lipinski definition) is 1. The van der Waals surface area contributed by atoms with Gasteiger partial charge in [-0.25, -0.2) is 9.66 Å². The zero-order valence-corrected chi connectivity index (χ0v) is 12.7. The van der Waals surface area contributed by atoms with Crippen LogP contribution in [0.1, 0.15) is 6.42 Å². The van der Waals surface area contributed by atoms with Gasteiger partial charge in [-0.05, 0) is 24.3 Å². The zero-order chi connectivity index (χ0) is 16.1. The van der Waals surface area contributed by atoms with Crippen molar-refractivity contribution in [1.82, 2.24) is 9.66 Å². The first-order valence-corrected chi connectivity index (χ1v) is 7.25. The summed E-state index contributed by atoms with van der Waals surface area (Å²) in [5, 5.41) is 0. The molecule has 1 heterocycles. The van der Waals surface area contributed by atoms with Gasteiger partial charge in [-0.1, -0.05) is 24.3 Å². The number of carbonyl (C=O) groups is 1. The lowest BCUT2D eigenvalue weighted by molar-refractivity contribution is -0.117. The summed E-state index contributed by atoms with van der Waals surface area (Å²) >= 11 is 0. The summed E-state index contributed by atoms with van der Waals surface area (Å²) in [6.45, 7) is 0.263. The van der Waals surface area contributed by atoms with E-state index in [9.17, 15) is 4.79 Å². The number of nitrogens with one attached hydrogen (secondary N) is 1. The summed E-state index contributed by atoms with van der Waals surface area (Å²) in [5.74, 6) is 1.12. The summed E-state index contributed by atoms with van der Waals surface area (Å²) in [4.78, 5) is 16.3. The van der Waals surface area contributed by atoms with E-state index in [0.717, 1.165) is 11.0 Å². The van der Waals surface area contributed by atoms with E-state index in [1.165, 1.54) is 0 Å². The van der Waals surface area contributed by atoms with Gasteiger partial charge in [0.1, 0.15) is 6.33 Å². The van der Waals surface area contributed by atoms with Crippen molar-refractivity contribution in [2.45, 2.75) is 6.42 Å². The fraction of sp³-hybridized carbons (Fsp3) is 0.176. The molecule has 1 aromatic heterocycles. The largest absolute Gasteiger partial charge is 0.493 e. The van der Waals surface area contributed by atoms with Crippen LogP contribution in [0.4, 0.5) is 0 Å². The van der Waals surface area contributed by atoms with Crippen LogP contribution >= 0.6 is 0 Å². The number of methoxy groups -OCH3 is 1. The van der Waals surface area contributed by atoms with E-state index in [1.54, 1.807) is 24.2 Å². The Balaban J connectivity index is 1.56. The monoisotopic (exact) mass is 311 g/mol. The molecule has 23 heavy (non-hydrogen) atoms. The summed E-state index contributed by atoms with van der Waals surface area (Å²) in [7, 11) is 1.58. The summed E-state index contributed by atoms with van der Waals surface area (Å²) in [6.07, 6.45) is 1.81. The molecule has 0 aliphatic carbocycles. The van der Waals surface area contributed by atoms with Gasteiger partial charge in [-0.3, -0.25) is 10.2 Å². The highest BCUT2D eigenvalue weighted by atomic mass is 16.5. The van der Waals surface area contributed by atoms with Crippen molar-refractivity contribution in [3.63, 3.8) is 0 Å². The Morgan fingerprint density at radius 1 is 1.13 bits per heavy atom. The van der Waals surface area contributed by atoms with Gasteiger partial charge in [0.15, 0.2) is 11.5 Å². The van der Waals surface area contributed by atoms with E-state index >= 15 is 0 Å². The molecule has 3 rings (SSSR count). The number of imidazole rings is 1. The zero-order valence-electron chi connectivity index (χ0n) is 12.7. The molecule has 1 N–H and O–H groups in total. The molecule has 0 saturated heterocycles. The van der Waals surface area contributed by atoms with Crippen molar-refractivity contribution < 1.29 is 14.3 Å². The molecular weight excluding hydrogens is 294 g/mol. The first kappa shape index (κ1) is 14.9. The van der Waals surface area contributed by atoms with E-state index in [1.807, 2.05) is 42.5 Å². The Bertz CT molecular complexity index is 813. The van der Waals surface area contributed by atoms with Crippen molar-refractivity contribution in [2.75, 3.05) is 19.1 Å². The number of aromatic nitrogens is 2. The molecule has 0 saturated carbocycles. The normalized spacial score (nSPS) is 10.5. The molecule has 0 aliphatic rings. The fourth-order valence-electron chi connectivity index (χ4n) is 2.23. The number of carbonyl (C=O) groups excluding carboxylic acids is 1. The van der Waals surface area contributed by atoms with E-state index < -0.39 is 0 Å². The number of amides is 1. The maximum Gasteiger partial charge on any atom is 0.242 e. The maximum atomic E-state index is 12.0. The number of rotatable bonds is 6. The number of ether oxygens (including phenoxy) is 2. The number of benzene rings is 2. The molecule has 1 amide bonds. The standard InChI is InChI=1S/C17H17N3O3/c1-22-15-8-4-5-9-16(15)23-11-10-17(21)19-20-12-18-13-6-2-3-7-14(13)20/h2-9,12H,10-11H2,1H3,(H,19,21). The molecule has 3 aromatic rings. The molecule has 0 fully saturated rings. The van der Waals surface area contributed by atoms with Gasteiger partial charge < -0.3 is 9.47 Å². The van der Waals surface area contributed by atoms with Gasteiger partial charge in [0.05, 0.1) is 31.2 Å². The van der Waals surface area contributed by atoms with E-state index in [-0.39, 0.29) is 18.9 Å². The number of hydrogen-bond acceptors (Lipinski definition) is 4. The second-order valence-electron chi connectivity index (χ2n) is 4.89. The highest BCUT2D eigenvalue weighted by molar-refractivity contribution is 5.86. The second kappa shape index (κ2) is 6.83. The van der Waals surface area contributed by atoms with Crippen LogP contribution in [-0.4, -0.2) is 29.3 Å². The van der Waals surface area contributed by atoms with Crippen molar-refractivity contribution >= 4 is 16.9 Å². The molecule has 0 aliphatic heterocycles. The first-order chi connectivity index (χ1) is 11.3. The smallest absolute Gasteiger partial charge is 0.242 e. The highest BCUT2D eigenvalue weighted by Crippen LogP contribution is 2.25. The van der Waals surface area contributed by atoms with Crippen LogP contribution in [0.3, 0.4) is 0 Å². The molecular formula is C17H17N3O3. The second-order valence-corrected chi connectivity index (χ2v) is 4.89. The minimum absolute atomic E-state index is 0.150. The lowest BCUT2D eigenvalue weighted by atomic mass is 10.3. The van der Waals surface area contributed by atoms with E-state index in [0.29, 0.717) is 11.5 Å². The van der Waals surface area contributed by atoms with Crippen molar-refractivity contribution in [1.29, 1.82) is 0 Å².